The van der Waals surface area contributed by atoms with Gasteiger partial charge in [-0.1, -0.05) is 11.2 Å². The van der Waals surface area contributed by atoms with Gasteiger partial charge in [-0.15, -0.1) is 11.8 Å². The van der Waals surface area contributed by atoms with Crippen LogP contribution >= 0.6 is 11.8 Å². The van der Waals surface area contributed by atoms with E-state index < -0.39 is 0 Å². The van der Waals surface area contributed by atoms with E-state index in [0.717, 1.165) is 5.69 Å². The molecule has 0 bridgehead atoms. The fraction of sp³-hybridized carbons (Fsp3) is 0.250. The molecule has 0 aromatic carbocycles. The number of rotatable bonds is 2. The Kier molecular flexibility index (Phi) is 2.79. The van der Waals surface area contributed by atoms with Gasteiger partial charge in [0.2, 0.25) is 5.91 Å². The summed E-state index contributed by atoms with van der Waals surface area (Å²) in [5, 5.41) is 3.79. The zero-order valence-corrected chi connectivity index (χ0v) is 10.6. The Morgan fingerprint density at radius 1 is 1.50 bits per heavy atom. The standard InChI is InChI=1S/C12H11N3O2S/c1-8-6-10(14-17-8)15-11(16)7-18-12(15)9-4-2-3-5-13-9/h2-6,12H,7H2,1H3/t12-/m0/s1. The number of hydrogen-bond acceptors (Lipinski definition) is 5. The van der Waals surface area contributed by atoms with Gasteiger partial charge in [0.25, 0.3) is 0 Å². The van der Waals surface area contributed by atoms with Crippen LogP contribution in [0.3, 0.4) is 0 Å². The number of carbonyl (C=O) groups is 1. The van der Waals surface area contributed by atoms with Gasteiger partial charge in [-0.05, 0) is 19.1 Å². The van der Waals surface area contributed by atoms with Crippen molar-refractivity contribution >= 4 is 23.5 Å². The Morgan fingerprint density at radius 2 is 2.39 bits per heavy atom. The number of aromatic nitrogens is 2. The zero-order chi connectivity index (χ0) is 12.5. The average molecular weight is 261 g/mol. The summed E-state index contributed by atoms with van der Waals surface area (Å²) in [6.07, 6.45) is 1.73. The van der Waals surface area contributed by atoms with E-state index in [2.05, 4.69) is 10.1 Å². The molecule has 1 atom stereocenters. The highest BCUT2D eigenvalue weighted by molar-refractivity contribution is 8.00. The molecule has 18 heavy (non-hydrogen) atoms. The van der Waals surface area contributed by atoms with Crippen LogP contribution in [0.2, 0.25) is 0 Å². The minimum Gasteiger partial charge on any atom is -0.360 e. The first-order valence-electron chi connectivity index (χ1n) is 5.53. The van der Waals surface area contributed by atoms with Crippen molar-refractivity contribution < 1.29 is 9.32 Å². The Labute approximate surface area is 108 Å². The zero-order valence-electron chi connectivity index (χ0n) is 9.74. The summed E-state index contributed by atoms with van der Waals surface area (Å²) in [4.78, 5) is 17.9. The topological polar surface area (TPSA) is 59.2 Å². The fourth-order valence-corrected chi connectivity index (χ4v) is 3.00. The molecule has 0 radical (unpaired) electrons. The maximum Gasteiger partial charge on any atom is 0.239 e. The SMILES string of the molecule is Cc1cc(N2C(=O)CS[C@H]2c2ccccn2)no1. The third-order valence-electron chi connectivity index (χ3n) is 2.67. The molecule has 1 fully saturated rings. The average Bonchev–Trinajstić information content (AvgIpc) is 2.96. The van der Waals surface area contributed by atoms with Crippen LogP contribution in [-0.4, -0.2) is 21.8 Å². The molecule has 1 aliphatic rings. The van der Waals surface area contributed by atoms with Gasteiger partial charge in [-0.2, -0.15) is 0 Å². The van der Waals surface area contributed by atoms with E-state index in [0.29, 0.717) is 17.3 Å². The van der Waals surface area contributed by atoms with E-state index >= 15 is 0 Å². The molecule has 0 N–H and O–H groups in total. The Bertz CT molecular complexity index is 570. The van der Waals surface area contributed by atoms with Crippen molar-refractivity contribution in [2.75, 3.05) is 10.7 Å². The molecule has 2 aromatic heterocycles. The van der Waals surface area contributed by atoms with Crippen molar-refractivity contribution in [3.8, 4) is 0 Å². The molecule has 0 spiro atoms. The van der Waals surface area contributed by atoms with Crippen molar-refractivity contribution in [3.63, 3.8) is 0 Å². The predicted molar refractivity (Wildman–Crippen MR) is 68.2 cm³/mol. The van der Waals surface area contributed by atoms with Gasteiger partial charge in [0.05, 0.1) is 11.4 Å². The van der Waals surface area contributed by atoms with Gasteiger partial charge < -0.3 is 4.52 Å². The second-order valence-electron chi connectivity index (χ2n) is 3.98. The summed E-state index contributed by atoms with van der Waals surface area (Å²) in [5.41, 5.74) is 0.856. The van der Waals surface area contributed by atoms with Crippen LogP contribution in [-0.2, 0) is 4.79 Å². The van der Waals surface area contributed by atoms with Crippen LogP contribution in [0.5, 0.6) is 0 Å². The summed E-state index contributed by atoms with van der Waals surface area (Å²) >= 11 is 1.55. The molecule has 0 unspecified atom stereocenters. The van der Waals surface area contributed by atoms with Crippen molar-refractivity contribution in [3.05, 3.63) is 41.9 Å². The van der Waals surface area contributed by atoms with Gasteiger partial charge in [-0.3, -0.25) is 14.7 Å². The molecule has 3 heterocycles. The number of thioether (sulfide) groups is 1. The highest BCUT2D eigenvalue weighted by atomic mass is 32.2. The van der Waals surface area contributed by atoms with Gasteiger partial charge in [0.15, 0.2) is 5.82 Å². The number of pyridine rings is 1. The second-order valence-corrected chi connectivity index (χ2v) is 5.05. The molecule has 1 saturated heterocycles. The molecular weight excluding hydrogens is 250 g/mol. The van der Waals surface area contributed by atoms with E-state index in [1.165, 1.54) is 0 Å². The molecule has 2 aromatic rings. The number of carbonyl (C=O) groups excluding carboxylic acids is 1. The summed E-state index contributed by atoms with van der Waals surface area (Å²) in [5.74, 6) is 1.71. The van der Waals surface area contributed by atoms with Crippen LogP contribution in [0.4, 0.5) is 5.82 Å². The minimum absolute atomic E-state index is 0.0314. The largest absolute Gasteiger partial charge is 0.360 e. The number of anilines is 1. The Morgan fingerprint density at radius 3 is 3.06 bits per heavy atom. The summed E-state index contributed by atoms with van der Waals surface area (Å²) in [6.45, 7) is 1.81. The number of amides is 1. The first-order valence-corrected chi connectivity index (χ1v) is 6.58. The molecule has 6 heteroatoms. The van der Waals surface area contributed by atoms with Crippen molar-refractivity contribution in [1.29, 1.82) is 0 Å². The van der Waals surface area contributed by atoms with Crippen molar-refractivity contribution in [2.45, 2.75) is 12.3 Å². The Hall–Kier alpha value is -1.82. The number of nitrogens with zero attached hydrogens (tertiary/aromatic N) is 3. The van der Waals surface area contributed by atoms with Crippen LogP contribution in [0, 0.1) is 6.92 Å². The van der Waals surface area contributed by atoms with E-state index in [9.17, 15) is 4.79 Å². The third kappa shape index (κ3) is 1.88. The quantitative estimate of drug-likeness (QED) is 0.829. The molecule has 3 rings (SSSR count). The summed E-state index contributed by atoms with van der Waals surface area (Å²) in [6, 6.07) is 7.45. The molecular formula is C12H11N3O2S. The predicted octanol–water partition coefficient (Wildman–Crippen LogP) is 2.16. The Balaban J connectivity index is 1.98. The lowest BCUT2D eigenvalue weighted by Gasteiger charge is -2.20. The van der Waals surface area contributed by atoms with E-state index in [1.807, 2.05) is 18.2 Å². The lowest BCUT2D eigenvalue weighted by molar-refractivity contribution is -0.115. The van der Waals surface area contributed by atoms with Crippen molar-refractivity contribution in [1.82, 2.24) is 10.1 Å². The number of hydrogen-bond donors (Lipinski definition) is 0. The smallest absolute Gasteiger partial charge is 0.239 e. The number of aryl methyl sites for hydroxylation is 1. The van der Waals surface area contributed by atoms with Gasteiger partial charge >= 0.3 is 0 Å². The third-order valence-corrected chi connectivity index (χ3v) is 3.85. The summed E-state index contributed by atoms with van der Waals surface area (Å²) in [7, 11) is 0. The van der Waals surface area contributed by atoms with Gasteiger partial charge in [0.1, 0.15) is 11.1 Å². The maximum absolute atomic E-state index is 12.0. The van der Waals surface area contributed by atoms with E-state index in [-0.39, 0.29) is 11.3 Å². The maximum atomic E-state index is 12.0. The molecule has 92 valence electrons. The highest BCUT2D eigenvalue weighted by Crippen LogP contribution is 2.40. The second kappa shape index (κ2) is 4.45. The first-order chi connectivity index (χ1) is 8.75. The summed E-state index contributed by atoms with van der Waals surface area (Å²) < 4.78 is 5.04. The monoisotopic (exact) mass is 261 g/mol. The van der Waals surface area contributed by atoms with Gasteiger partial charge in [-0.25, -0.2) is 0 Å². The van der Waals surface area contributed by atoms with Gasteiger partial charge in [0, 0.05) is 12.3 Å². The molecule has 1 amide bonds. The van der Waals surface area contributed by atoms with Crippen molar-refractivity contribution in [2.24, 2.45) is 0 Å². The fourth-order valence-electron chi connectivity index (χ4n) is 1.88. The molecule has 0 saturated carbocycles. The lowest BCUT2D eigenvalue weighted by Crippen LogP contribution is -2.28. The lowest BCUT2D eigenvalue weighted by atomic mass is 10.3. The normalized spacial score (nSPS) is 19.5. The van der Waals surface area contributed by atoms with Crippen LogP contribution < -0.4 is 4.90 Å². The molecule has 1 aliphatic heterocycles. The van der Waals surface area contributed by atoms with E-state index in [1.54, 1.807) is 35.8 Å². The molecule has 5 nitrogen and oxygen atoms in total. The molecule has 0 aliphatic carbocycles. The van der Waals surface area contributed by atoms with E-state index in [4.69, 9.17) is 4.52 Å². The minimum atomic E-state index is -0.122. The highest BCUT2D eigenvalue weighted by Gasteiger charge is 2.36. The van der Waals surface area contributed by atoms with Crippen LogP contribution in [0.1, 0.15) is 16.8 Å². The van der Waals surface area contributed by atoms with Crippen LogP contribution in [0.15, 0.2) is 35.0 Å². The van der Waals surface area contributed by atoms with Crippen LogP contribution in [0.25, 0.3) is 0 Å². The first kappa shape index (κ1) is 11.3.